The lowest BCUT2D eigenvalue weighted by atomic mass is 9.99. The fourth-order valence-corrected chi connectivity index (χ4v) is 4.85. The molecule has 0 radical (unpaired) electrons. The number of para-hydroxylation sites is 2. The third-order valence-corrected chi connectivity index (χ3v) is 6.48. The molecule has 0 saturated carbocycles. The van der Waals surface area contributed by atoms with Crippen molar-refractivity contribution in [2.24, 2.45) is 0 Å². The second-order valence-corrected chi connectivity index (χ2v) is 8.45. The molecule has 1 unspecified atom stereocenters. The van der Waals surface area contributed by atoms with Gasteiger partial charge in [0.25, 0.3) is 5.91 Å². The van der Waals surface area contributed by atoms with Crippen molar-refractivity contribution in [1.29, 1.82) is 0 Å². The Morgan fingerprint density at radius 1 is 1.03 bits per heavy atom. The van der Waals surface area contributed by atoms with Gasteiger partial charge in [-0.25, -0.2) is 4.98 Å². The van der Waals surface area contributed by atoms with Gasteiger partial charge in [0.15, 0.2) is 5.82 Å². The van der Waals surface area contributed by atoms with Crippen molar-refractivity contribution in [3.63, 3.8) is 0 Å². The molecule has 6 heteroatoms. The molecule has 2 N–H and O–H groups in total. The lowest BCUT2D eigenvalue weighted by Crippen LogP contribution is -2.30. The number of benzene rings is 3. The molecule has 0 aliphatic carbocycles. The highest BCUT2D eigenvalue weighted by Crippen LogP contribution is 2.35. The van der Waals surface area contributed by atoms with Crippen LogP contribution in [0, 0.1) is 6.92 Å². The molecule has 6 nitrogen and oxygen atoms in total. The average molecular weight is 422 g/mol. The standard InChI is InChI=1S/C26H23N5O/c1-16-7-2-3-8-18(16)23-11-6-14-31(23)26(32)17-12-13-20-19(15-17)24(30-29-20)25-27-21-9-4-5-10-22(21)28-25/h2-5,7-10,12-13,15,23H,6,11,14H2,1H3,(H,27,28)(H,29,30). The third-order valence-electron chi connectivity index (χ3n) is 6.48. The number of carbonyl (C=O) groups excluding carboxylic acids is 1. The summed E-state index contributed by atoms with van der Waals surface area (Å²) in [6.07, 6.45) is 2.01. The smallest absolute Gasteiger partial charge is 0.254 e. The van der Waals surface area contributed by atoms with Crippen molar-refractivity contribution in [1.82, 2.24) is 25.1 Å². The quantitative estimate of drug-likeness (QED) is 0.410. The molecular weight excluding hydrogens is 398 g/mol. The Labute approximate surface area is 185 Å². The average Bonchev–Trinajstić information content (AvgIpc) is 3.55. The van der Waals surface area contributed by atoms with Gasteiger partial charge in [0.2, 0.25) is 0 Å². The SMILES string of the molecule is Cc1ccccc1C1CCCN1C(=O)c1ccc2[nH]nc(-c3nc4ccccc4[nH]3)c2c1. The summed E-state index contributed by atoms with van der Waals surface area (Å²) >= 11 is 0. The zero-order valence-electron chi connectivity index (χ0n) is 17.8. The van der Waals surface area contributed by atoms with Crippen LogP contribution in [0.1, 0.15) is 40.4 Å². The number of fused-ring (bicyclic) bond motifs is 2. The highest BCUT2D eigenvalue weighted by atomic mass is 16.2. The second-order valence-electron chi connectivity index (χ2n) is 8.45. The maximum atomic E-state index is 13.6. The Balaban J connectivity index is 1.38. The van der Waals surface area contributed by atoms with Crippen LogP contribution in [0.25, 0.3) is 33.5 Å². The largest absolute Gasteiger partial charge is 0.337 e. The first-order valence-corrected chi connectivity index (χ1v) is 11.0. The maximum absolute atomic E-state index is 13.6. The van der Waals surface area contributed by atoms with Crippen LogP contribution >= 0.6 is 0 Å². The van der Waals surface area contributed by atoms with Crippen LogP contribution in [-0.4, -0.2) is 37.5 Å². The van der Waals surface area contributed by atoms with Crippen LogP contribution in [0.5, 0.6) is 0 Å². The number of nitrogens with zero attached hydrogens (tertiary/aromatic N) is 3. The number of hydrogen-bond acceptors (Lipinski definition) is 3. The number of imidazole rings is 1. The van der Waals surface area contributed by atoms with Crippen LogP contribution < -0.4 is 0 Å². The van der Waals surface area contributed by atoms with Gasteiger partial charge in [-0.3, -0.25) is 9.89 Å². The molecule has 0 bridgehead atoms. The monoisotopic (exact) mass is 421 g/mol. The van der Waals surface area contributed by atoms with E-state index < -0.39 is 0 Å². The van der Waals surface area contributed by atoms with Crippen molar-refractivity contribution >= 4 is 27.8 Å². The van der Waals surface area contributed by atoms with Gasteiger partial charge in [-0.15, -0.1) is 0 Å². The fraction of sp³-hybridized carbons (Fsp3) is 0.192. The molecule has 158 valence electrons. The Morgan fingerprint density at radius 2 is 1.88 bits per heavy atom. The summed E-state index contributed by atoms with van der Waals surface area (Å²) in [7, 11) is 0. The van der Waals surface area contributed by atoms with Gasteiger partial charge in [0.1, 0.15) is 5.69 Å². The lowest BCUT2D eigenvalue weighted by Gasteiger charge is -2.26. The predicted octanol–water partition coefficient (Wildman–Crippen LogP) is 5.39. The number of amides is 1. The molecule has 3 aromatic carbocycles. The molecule has 2 aromatic heterocycles. The number of hydrogen-bond donors (Lipinski definition) is 2. The van der Waals surface area contributed by atoms with Gasteiger partial charge in [-0.05, 0) is 61.2 Å². The second kappa shape index (κ2) is 7.34. The van der Waals surface area contributed by atoms with Gasteiger partial charge in [0.05, 0.1) is 22.6 Å². The first-order chi connectivity index (χ1) is 15.7. The van der Waals surface area contributed by atoms with E-state index in [1.54, 1.807) is 0 Å². The highest BCUT2D eigenvalue weighted by Gasteiger charge is 2.31. The minimum atomic E-state index is 0.0643. The zero-order valence-corrected chi connectivity index (χ0v) is 17.8. The van der Waals surface area contributed by atoms with E-state index in [9.17, 15) is 4.79 Å². The molecule has 3 heterocycles. The molecule has 1 atom stereocenters. The van der Waals surface area contributed by atoms with E-state index in [1.807, 2.05) is 53.4 Å². The normalized spacial score (nSPS) is 16.3. The summed E-state index contributed by atoms with van der Waals surface area (Å²) in [5, 5.41) is 8.45. The summed E-state index contributed by atoms with van der Waals surface area (Å²) in [5.41, 5.74) is 6.61. The van der Waals surface area contributed by atoms with E-state index in [0.717, 1.165) is 47.0 Å². The van der Waals surface area contributed by atoms with Crippen LogP contribution in [0.4, 0.5) is 0 Å². The molecule has 1 aliphatic heterocycles. The van der Waals surface area contributed by atoms with Crippen LogP contribution in [-0.2, 0) is 0 Å². The van der Waals surface area contributed by atoms with Crippen molar-refractivity contribution < 1.29 is 4.79 Å². The predicted molar refractivity (Wildman–Crippen MR) is 125 cm³/mol. The lowest BCUT2D eigenvalue weighted by molar-refractivity contribution is 0.0735. The maximum Gasteiger partial charge on any atom is 0.254 e. The Bertz CT molecular complexity index is 1430. The Kier molecular flexibility index (Phi) is 4.31. The third kappa shape index (κ3) is 2.99. The van der Waals surface area contributed by atoms with Gasteiger partial charge in [0, 0.05) is 17.5 Å². The summed E-state index contributed by atoms with van der Waals surface area (Å²) in [6, 6.07) is 22.2. The number of aromatic amines is 2. The molecule has 6 rings (SSSR count). The molecule has 1 fully saturated rings. The first-order valence-electron chi connectivity index (χ1n) is 11.0. The van der Waals surface area contributed by atoms with E-state index >= 15 is 0 Å². The number of aromatic nitrogens is 4. The molecular formula is C26H23N5O. The number of nitrogens with one attached hydrogen (secondary N) is 2. The highest BCUT2D eigenvalue weighted by molar-refractivity contribution is 6.01. The van der Waals surface area contributed by atoms with E-state index in [2.05, 4.69) is 45.3 Å². The Morgan fingerprint density at radius 3 is 2.75 bits per heavy atom. The van der Waals surface area contributed by atoms with E-state index in [0.29, 0.717) is 11.4 Å². The molecule has 32 heavy (non-hydrogen) atoms. The molecule has 1 aliphatic rings. The van der Waals surface area contributed by atoms with Gasteiger partial charge in [-0.1, -0.05) is 36.4 Å². The molecule has 1 amide bonds. The summed E-state index contributed by atoms with van der Waals surface area (Å²) in [4.78, 5) is 23.6. The molecule has 5 aromatic rings. The topological polar surface area (TPSA) is 77.7 Å². The number of rotatable bonds is 3. The minimum Gasteiger partial charge on any atom is -0.337 e. The van der Waals surface area contributed by atoms with Crippen LogP contribution in [0.2, 0.25) is 0 Å². The fourth-order valence-electron chi connectivity index (χ4n) is 4.85. The zero-order chi connectivity index (χ0) is 21.7. The molecule has 1 saturated heterocycles. The summed E-state index contributed by atoms with van der Waals surface area (Å²) in [6.45, 7) is 2.89. The van der Waals surface area contributed by atoms with E-state index in [-0.39, 0.29) is 11.9 Å². The van der Waals surface area contributed by atoms with E-state index in [4.69, 9.17) is 0 Å². The minimum absolute atomic E-state index is 0.0643. The number of likely N-dealkylation sites (tertiary alicyclic amines) is 1. The van der Waals surface area contributed by atoms with Gasteiger partial charge in [-0.2, -0.15) is 5.10 Å². The van der Waals surface area contributed by atoms with Crippen LogP contribution in [0.15, 0.2) is 66.7 Å². The number of carbonyl (C=O) groups is 1. The van der Waals surface area contributed by atoms with E-state index in [1.165, 1.54) is 11.1 Å². The number of H-pyrrole nitrogens is 2. The van der Waals surface area contributed by atoms with Gasteiger partial charge < -0.3 is 9.88 Å². The van der Waals surface area contributed by atoms with Crippen molar-refractivity contribution in [3.05, 3.63) is 83.4 Å². The first kappa shape index (κ1) is 18.8. The van der Waals surface area contributed by atoms with Crippen molar-refractivity contribution in [2.45, 2.75) is 25.8 Å². The van der Waals surface area contributed by atoms with Crippen molar-refractivity contribution in [3.8, 4) is 11.5 Å². The van der Waals surface area contributed by atoms with Crippen LogP contribution in [0.3, 0.4) is 0 Å². The number of aryl methyl sites for hydroxylation is 1. The van der Waals surface area contributed by atoms with Crippen molar-refractivity contribution in [2.75, 3.05) is 6.54 Å². The van der Waals surface area contributed by atoms with Gasteiger partial charge >= 0.3 is 0 Å². The summed E-state index contributed by atoms with van der Waals surface area (Å²) < 4.78 is 0. The molecule has 0 spiro atoms. The Hall–Kier alpha value is -3.93. The summed E-state index contributed by atoms with van der Waals surface area (Å²) in [5.74, 6) is 0.760.